The summed E-state index contributed by atoms with van der Waals surface area (Å²) in [5.74, 6) is 1.23. The Kier molecular flexibility index (Phi) is 5.25. The zero-order valence-corrected chi connectivity index (χ0v) is 11.2. The predicted octanol–water partition coefficient (Wildman–Crippen LogP) is 2.19. The van der Waals surface area contributed by atoms with Gasteiger partial charge in [0.2, 0.25) is 5.88 Å². The van der Waals surface area contributed by atoms with Crippen LogP contribution in [0.3, 0.4) is 0 Å². The summed E-state index contributed by atoms with van der Waals surface area (Å²) in [6.45, 7) is 4.60. The van der Waals surface area contributed by atoms with E-state index in [0.29, 0.717) is 24.6 Å². The van der Waals surface area contributed by atoms with Crippen molar-refractivity contribution in [3.05, 3.63) is 12.1 Å². The van der Waals surface area contributed by atoms with Gasteiger partial charge < -0.3 is 15.4 Å². The molecule has 18 heavy (non-hydrogen) atoms. The second kappa shape index (κ2) is 6.70. The van der Waals surface area contributed by atoms with Crippen molar-refractivity contribution in [2.24, 2.45) is 0 Å². The largest absolute Gasteiger partial charge is 0.476 e. The Morgan fingerprint density at radius 1 is 1.56 bits per heavy atom. The molecular weight excluding hydrogens is 228 g/mol. The maximum atomic E-state index is 8.71. The summed E-state index contributed by atoms with van der Waals surface area (Å²) in [7, 11) is 1.91. The Morgan fingerprint density at radius 3 is 2.89 bits per heavy atom. The van der Waals surface area contributed by atoms with E-state index in [2.05, 4.69) is 11.1 Å². The number of hydrogen-bond acceptors (Lipinski definition) is 5. The van der Waals surface area contributed by atoms with Crippen molar-refractivity contribution in [3.8, 4) is 11.9 Å². The van der Waals surface area contributed by atoms with Crippen molar-refractivity contribution in [3.63, 3.8) is 0 Å². The number of pyridine rings is 1. The van der Waals surface area contributed by atoms with Gasteiger partial charge in [0, 0.05) is 13.1 Å². The highest BCUT2D eigenvalue weighted by Gasteiger charge is 2.13. The molecule has 0 aliphatic rings. The third-order valence-corrected chi connectivity index (χ3v) is 2.73. The van der Waals surface area contributed by atoms with E-state index >= 15 is 0 Å². The zero-order valence-electron chi connectivity index (χ0n) is 11.2. The first kappa shape index (κ1) is 14.1. The van der Waals surface area contributed by atoms with Gasteiger partial charge in [-0.25, -0.2) is 0 Å². The van der Waals surface area contributed by atoms with Crippen molar-refractivity contribution < 1.29 is 4.74 Å². The van der Waals surface area contributed by atoms with Gasteiger partial charge in [0.15, 0.2) is 0 Å². The molecule has 1 rings (SSSR count). The summed E-state index contributed by atoms with van der Waals surface area (Å²) in [5, 5.41) is 8.71. The number of hydrogen-bond donors (Lipinski definition) is 1. The van der Waals surface area contributed by atoms with Crippen LogP contribution in [0.4, 0.5) is 11.5 Å². The van der Waals surface area contributed by atoms with Gasteiger partial charge in [-0.05, 0) is 25.5 Å². The molecule has 0 spiro atoms. The second-order valence-electron chi connectivity index (χ2n) is 4.23. The molecule has 1 unspecified atom stereocenters. The molecule has 0 aliphatic carbocycles. The summed E-state index contributed by atoms with van der Waals surface area (Å²) in [4.78, 5) is 6.33. The van der Waals surface area contributed by atoms with Crippen LogP contribution in [0, 0.1) is 11.3 Å². The Morgan fingerprint density at radius 2 is 2.28 bits per heavy atom. The number of nitrogens with zero attached hydrogens (tertiary/aromatic N) is 3. The minimum absolute atomic E-state index is 0.102. The number of anilines is 2. The Hall–Kier alpha value is -1.96. The van der Waals surface area contributed by atoms with Gasteiger partial charge in [-0.3, -0.25) is 0 Å². The van der Waals surface area contributed by atoms with Crippen molar-refractivity contribution in [1.82, 2.24) is 4.98 Å². The average molecular weight is 248 g/mol. The fourth-order valence-corrected chi connectivity index (χ4v) is 1.45. The normalized spacial score (nSPS) is 11.7. The first-order chi connectivity index (χ1) is 8.60. The van der Waals surface area contributed by atoms with Crippen LogP contribution in [0.2, 0.25) is 0 Å². The van der Waals surface area contributed by atoms with Crippen LogP contribution in [0.1, 0.15) is 26.7 Å². The number of aromatic nitrogens is 1. The number of ether oxygens (including phenoxy) is 1. The van der Waals surface area contributed by atoms with Crippen LogP contribution in [-0.4, -0.2) is 24.7 Å². The standard InChI is InChI=1S/C13H20N4O/c1-4-9-18-13-11(15)5-6-12(16-13)17(3)10(2)7-8-14/h5-6,10H,4,7,9,15H2,1-3H3. The predicted molar refractivity (Wildman–Crippen MR) is 72.5 cm³/mol. The number of rotatable bonds is 6. The molecule has 0 aromatic carbocycles. The highest BCUT2D eigenvalue weighted by molar-refractivity contribution is 5.54. The molecule has 1 heterocycles. The molecule has 0 amide bonds. The van der Waals surface area contributed by atoms with E-state index in [9.17, 15) is 0 Å². The third kappa shape index (κ3) is 3.52. The van der Waals surface area contributed by atoms with Crippen molar-refractivity contribution in [2.75, 3.05) is 24.3 Å². The van der Waals surface area contributed by atoms with E-state index in [4.69, 9.17) is 15.7 Å². The third-order valence-electron chi connectivity index (χ3n) is 2.73. The molecule has 1 aromatic heterocycles. The lowest BCUT2D eigenvalue weighted by Crippen LogP contribution is -2.29. The maximum Gasteiger partial charge on any atom is 0.239 e. The lowest BCUT2D eigenvalue weighted by atomic mass is 10.2. The fourth-order valence-electron chi connectivity index (χ4n) is 1.45. The molecule has 5 heteroatoms. The van der Waals surface area contributed by atoms with E-state index in [0.717, 1.165) is 12.2 Å². The van der Waals surface area contributed by atoms with Crippen LogP contribution in [0.15, 0.2) is 12.1 Å². The molecule has 98 valence electrons. The molecule has 5 nitrogen and oxygen atoms in total. The molecule has 0 bridgehead atoms. The number of nitriles is 1. The highest BCUT2D eigenvalue weighted by Crippen LogP contribution is 2.24. The zero-order chi connectivity index (χ0) is 13.5. The average Bonchev–Trinajstić information content (AvgIpc) is 2.37. The van der Waals surface area contributed by atoms with Crippen LogP contribution < -0.4 is 15.4 Å². The summed E-state index contributed by atoms with van der Waals surface area (Å²) in [6.07, 6.45) is 1.36. The van der Waals surface area contributed by atoms with Gasteiger partial charge in [0.1, 0.15) is 5.82 Å². The van der Waals surface area contributed by atoms with Crippen molar-refractivity contribution in [2.45, 2.75) is 32.7 Å². The maximum absolute atomic E-state index is 8.71. The van der Waals surface area contributed by atoms with E-state index in [1.807, 2.05) is 31.9 Å². The molecule has 1 atom stereocenters. The molecule has 0 aliphatic heterocycles. The second-order valence-corrected chi connectivity index (χ2v) is 4.23. The van der Waals surface area contributed by atoms with Crippen LogP contribution >= 0.6 is 0 Å². The van der Waals surface area contributed by atoms with Crippen LogP contribution in [0.5, 0.6) is 5.88 Å². The first-order valence-electron chi connectivity index (χ1n) is 6.09. The summed E-state index contributed by atoms with van der Waals surface area (Å²) < 4.78 is 5.49. The molecule has 1 aromatic rings. The lowest BCUT2D eigenvalue weighted by Gasteiger charge is -2.24. The molecule has 0 radical (unpaired) electrons. The van der Waals surface area contributed by atoms with Crippen LogP contribution in [0.25, 0.3) is 0 Å². The molecule has 0 saturated heterocycles. The molecule has 0 fully saturated rings. The molecule has 2 N–H and O–H groups in total. The van der Waals surface area contributed by atoms with Crippen molar-refractivity contribution in [1.29, 1.82) is 5.26 Å². The van der Waals surface area contributed by atoms with E-state index in [1.165, 1.54) is 0 Å². The number of nitrogen functional groups attached to an aromatic ring is 1. The first-order valence-corrected chi connectivity index (χ1v) is 6.09. The summed E-state index contributed by atoms with van der Waals surface area (Å²) in [6, 6.07) is 5.87. The van der Waals surface area contributed by atoms with Gasteiger partial charge in [-0.15, -0.1) is 0 Å². The summed E-state index contributed by atoms with van der Waals surface area (Å²) >= 11 is 0. The van der Waals surface area contributed by atoms with Crippen LogP contribution in [-0.2, 0) is 0 Å². The number of nitrogens with two attached hydrogens (primary N) is 1. The Balaban J connectivity index is 2.86. The topological polar surface area (TPSA) is 75.2 Å². The summed E-state index contributed by atoms with van der Waals surface area (Å²) in [5.41, 5.74) is 6.34. The fraction of sp³-hybridized carbons (Fsp3) is 0.538. The Labute approximate surface area is 108 Å². The molecular formula is C13H20N4O. The minimum atomic E-state index is 0.102. The Bertz CT molecular complexity index is 427. The smallest absolute Gasteiger partial charge is 0.239 e. The van der Waals surface area contributed by atoms with E-state index in [-0.39, 0.29) is 6.04 Å². The highest BCUT2D eigenvalue weighted by atomic mass is 16.5. The monoisotopic (exact) mass is 248 g/mol. The molecule has 0 saturated carbocycles. The van der Waals surface area contributed by atoms with E-state index in [1.54, 1.807) is 6.07 Å². The van der Waals surface area contributed by atoms with E-state index < -0.39 is 0 Å². The van der Waals surface area contributed by atoms with Gasteiger partial charge in [-0.2, -0.15) is 10.2 Å². The quantitative estimate of drug-likeness (QED) is 0.835. The SMILES string of the molecule is CCCOc1nc(N(C)C(C)CC#N)ccc1N. The minimum Gasteiger partial charge on any atom is -0.476 e. The lowest BCUT2D eigenvalue weighted by molar-refractivity contribution is 0.307. The van der Waals surface area contributed by atoms with Crippen molar-refractivity contribution >= 4 is 11.5 Å². The van der Waals surface area contributed by atoms with Gasteiger partial charge in [0.25, 0.3) is 0 Å². The van der Waals surface area contributed by atoms with Gasteiger partial charge in [0.05, 0.1) is 24.8 Å². The van der Waals surface area contributed by atoms with Gasteiger partial charge in [-0.1, -0.05) is 6.92 Å². The van der Waals surface area contributed by atoms with Gasteiger partial charge >= 0.3 is 0 Å².